The van der Waals surface area contributed by atoms with E-state index in [0.717, 1.165) is 23.5 Å². The van der Waals surface area contributed by atoms with E-state index in [0.29, 0.717) is 0 Å². The third kappa shape index (κ3) is 2.63. The van der Waals surface area contributed by atoms with Gasteiger partial charge in [0.25, 0.3) is 0 Å². The van der Waals surface area contributed by atoms with Crippen molar-refractivity contribution in [2.24, 2.45) is 0 Å². The molecule has 0 aliphatic rings. The number of imidazole rings is 1. The summed E-state index contributed by atoms with van der Waals surface area (Å²) in [7, 11) is 0. The number of benzene rings is 2. The molecular formula is C17H16N2O. The van der Waals surface area contributed by atoms with E-state index < -0.39 is 0 Å². The zero-order valence-electron chi connectivity index (χ0n) is 11.1. The van der Waals surface area contributed by atoms with Gasteiger partial charge in [0.05, 0.1) is 6.61 Å². The average Bonchev–Trinajstić information content (AvgIpc) is 2.97. The summed E-state index contributed by atoms with van der Waals surface area (Å²) in [4.78, 5) is 4.44. The highest BCUT2D eigenvalue weighted by atomic mass is 16.3. The van der Waals surface area contributed by atoms with Crippen molar-refractivity contribution in [2.45, 2.75) is 13.2 Å². The van der Waals surface area contributed by atoms with E-state index in [4.69, 9.17) is 5.11 Å². The number of hydrogen-bond acceptors (Lipinski definition) is 2. The number of aliphatic hydroxyl groups excluding tert-OH is 1. The number of rotatable bonds is 4. The Bertz CT molecular complexity index is 672. The van der Waals surface area contributed by atoms with Gasteiger partial charge >= 0.3 is 0 Å². The van der Waals surface area contributed by atoms with Crippen LogP contribution < -0.4 is 0 Å². The molecule has 2 aromatic carbocycles. The summed E-state index contributed by atoms with van der Waals surface area (Å²) in [5.41, 5.74) is 3.24. The first kappa shape index (κ1) is 12.6. The average molecular weight is 264 g/mol. The van der Waals surface area contributed by atoms with E-state index in [1.54, 1.807) is 0 Å². The molecule has 3 rings (SSSR count). The van der Waals surface area contributed by atoms with Gasteiger partial charge in [-0.15, -0.1) is 0 Å². The quantitative estimate of drug-likeness (QED) is 0.786. The molecule has 0 radical (unpaired) electrons. The molecule has 0 amide bonds. The van der Waals surface area contributed by atoms with Crippen LogP contribution in [0.2, 0.25) is 0 Å². The third-order valence-electron chi connectivity index (χ3n) is 3.31. The number of aliphatic hydroxyl groups is 1. The van der Waals surface area contributed by atoms with E-state index in [1.165, 1.54) is 5.56 Å². The second-order valence-electron chi connectivity index (χ2n) is 4.72. The van der Waals surface area contributed by atoms with Crippen LogP contribution in [0, 0.1) is 0 Å². The van der Waals surface area contributed by atoms with Crippen LogP contribution in [-0.4, -0.2) is 14.7 Å². The molecule has 1 aromatic heterocycles. The molecule has 20 heavy (non-hydrogen) atoms. The van der Waals surface area contributed by atoms with Gasteiger partial charge in [0.15, 0.2) is 0 Å². The summed E-state index contributed by atoms with van der Waals surface area (Å²) >= 11 is 0. The molecular weight excluding hydrogens is 248 g/mol. The van der Waals surface area contributed by atoms with Crippen LogP contribution in [-0.2, 0) is 13.2 Å². The van der Waals surface area contributed by atoms with Crippen LogP contribution in [0.5, 0.6) is 0 Å². The Balaban J connectivity index is 1.86. The normalized spacial score (nSPS) is 10.7. The first-order valence-electron chi connectivity index (χ1n) is 6.62. The topological polar surface area (TPSA) is 38.0 Å². The molecule has 0 unspecified atom stereocenters. The maximum atomic E-state index is 9.06. The lowest BCUT2D eigenvalue weighted by molar-refractivity contribution is 0.282. The van der Waals surface area contributed by atoms with Crippen LogP contribution in [0.3, 0.4) is 0 Å². The predicted molar refractivity (Wildman–Crippen MR) is 79.1 cm³/mol. The number of aromatic nitrogens is 2. The molecule has 1 N–H and O–H groups in total. The first-order chi connectivity index (χ1) is 9.86. The van der Waals surface area contributed by atoms with Crippen molar-refractivity contribution in [1.29, 1.82) is 0 Å². The second-order valence-corrected chi connectivity index (χ2v) is 4.72. The summed E-state index contributed by atoms with van der Waals surface area (Å²) in [5.74, 6) is 0.969. The summed E-state index contributed by atoms with van der Waals surface area (Å²) in [6, 6.07) is 18.2. The Kier molecular flexibility index (Phi) is 3.61. The highest BCUT2D eigenvalue weighted by Crippen LogP contribution is 2.18. The Morgan fingerprint density at radius 3 is 2.30 bits per heavy atom. The second kappa shape index (κ2) is 5.72. The fourth-order valence-corrected chi connectivity index (χ4v) is 2.23. The van der Waals surface area contributed by atoms with Crippen LogP contribution in [0.25, 0.3) is 11.4 Å². The van der Waals surface area contributed by atoms with Gasteiger partial charge in [0, 0.05) is 24.5 Å². The van der Waals surface area contributed by atoms with E-state index in [-0.39, 0.29) is 6.61 Å². The van der Waals surface area contributed by atoms with Crippen molar-refractivity contribution in [3.8, 4) is 11.4 Å². The molecule has 100 valence electrons. The minimum absolute atomic E-state index is 0.0839. The highest BCUT2D eigenvalue weighted by molar-refractivity contribution is 5.55. The minimum Gasteiger partial charge on any atom is -0.392 e. The standard InChI is InChI=1S/C17H16N2O/c20-13-15-8-6-14(7-9-15)12-19-11-10-18-17(19)16-4-2-1-3-5-16/h1-11,20H,12-13H2. The Labute approximate surface area is 118 Å². The Morgan fingerprint density at radius 1 is 0.900 bits per heavy atom. The van der Waals surface area contributed by atoms with Crippen molar-refractivity contribution in [3.63, 3.8) is 0 Å². The maximum Gasteiger partial charge on any atom is 0.140 e. The Morgan fingerprint density at radius 2 is 1.60 bits per heavy atom. The van der Waals surface area contributed by atoms with Crippen molar-refractivity contribution >= 4 is 0 Å². The molecule has 3 aromatic rings. The van der Waals surface area contributed by atoms with Crippen LogP contribution in [0.1, 0.15) is 11.1 Å². The Hall–Kier alpha value is -2.39. The molecule has 0 bridgehead atoms. The molecule has 1 heterocycles. The minimum atomic E-state index is 0.0839. The van der Waals surface area contributed by atoms with E-state index >= 15 is 0 Å². The number of hydrogen-bond donors (Lipinski definition) is 1. The predicted octanol–water partition coefficient (Wildman–Crippen LogP) is 3.09. The smallest absolute Gasteiger partial charge is 0.140 e. The van der Waals surface area contributed by atoms with Crippen molar-refractivity contribution in [2.75, 3.05) is 0 Å². The summed E-state index contributed by atoms with van der Waals surface area (Å²) in [6.07, 6.45) is 3.81. The lowest BCUT2D eigenvalue weighted by Gasteiger charge is -2.08. The molecule has 3 nitrogen and oxygen atoms in total. The molecule has 0 fully saturated rings. The number of nitrogens with zero attached hydrogens (tertiary/aromatic N) is 2. The van der Waals surface area contributed by atoms with Crippen LogP contribution >= 0.6 is 0 Å². The maximum absolute atomic E-state index is 9.06. The van der Waals surface area contributed by atoms with E-state index in [9.17, 15) is 0 Å². The van der Waals surface area contributed by atoms with Crippen molar-refractivity contribution in [1.82, 2.24) is 9.55 Å². The fraction of sp³-hybridized carbons (Fsp3) is 0.118. The molecule has 0 atom stereocenters. The van der Waals surface area contributed by atoms with Crippen molar-refractivity contribution in [3.05, 3.63) is 78.1 Å². The lowest BCUT2D eigenvalue weighted by atomic mass is 10.1. The zero-order valence-corrected chi connectivity index (χ0v) is 11.1. The summed E-state index contributed by atoms with van der Waals surface area (Å²) in [5, 5.41) is 9.06. The summed E-state index contributed by atoms with van der Waals surface area (Å²) in [6.45, 7) is 0.858. The molecule has 3 heteroatoms. The summed E-state index contributed by atoms with van der Waals surface area (Å²) < 4.78 is 2.13. The van der Waals surface area contributed by atoms with Crippen LogP contribution in [0.4, 0.5) is 0 Å². The van der Waals surface area contributed by atoms with Gasteiger partial charge in [-0.1, -0.05) is 54.6 Å². The lowest BCUT2D eigenvalue weighted by Crippen LogP contribution is -2.01. The molecule has 0 aliphatic carbocycles. The SMILES string of the molecule is OCc1ccc(Cn2ccnc2-c2ccccc2)cc1. The molecule has 0 spiro atoms. The third-order valence-corrected chi connectivity index (χ3v) is 3.31. The largest absolute Gasteiger partial charge is 0.392 e. The molecule has 0 aliphatic heterocycles. The van der Waals surface area contributed by atoms with Gasteiger partial charge in [-0.3, -0.25) is 0 Å². The first-order valence-corrected chi connectivity index (χ1v) is 6.62. The van der Waals surface area contributed by atoms with E-state index in [1.807, 2.05) is 54.9 Å². The van der Waals surface area contributed by atoms with Crippen LogP contribution in [0.15, 0.2) is 67.0 Å². The van der Waals surface area contributed by atoms with Gasteiger partial charge in [-0.05, 0) is 11.1 Å². The zero-order chi connectivity index (χ0) is 13.8. The van der Waals surface area contributed by atoms with Gasteiger partial charge < -0.3 is 9.67 Å². The van der Waals surface area contributed by atoms with Gasteiger partial charge in [-0.25, -0.2) is 4.98 Å². The fourth-order valence-electron chi connectivity index (χ4n) is 2.23. The van der Waals surface area contributed by atoms with Gasteiger partial charge in [-0.2, -0.15) is 0 Å². The van der Waals surface area contributed by atoms with Gasteiger partial charge in [0.1, 0.15) is 5.82 Å². The molecule has 0 saturated heterocycles. The monoisotopic (exact) mass is 264 g/mol. The highest BCUT2D eigenvalue weighted by Gasteiger charge is 2.05. The van der Waals surface area contributed by atoms with E-state index in [2.05, 4.69) is 21.7 Å². The van der Waals surface area contributed by atoms with Gasteiger partial charge in [0.2, 0.25) is 0 Å². The molecule has 0 saturated carbocycles. The van der Waals surface area contributed by atoms with Crippen molar-refractivity contribution < 1.29 is 5.11 Å².